The number of carbonyl (C=O) groups excluding carboxylic acids is 2. The van der Waals surface area contributed by atoms with Crippen LogP contribution in [0.2, 0.25) is 0 Å². The maximum Gasteiger partial charge on any atom is 0.282 e. The van der Waals surface area contributed by atoms with Gasteiger partial charge in [0.15, 0.2) is 0 Å². The molecule has 0 fully saturated rings. The first kappa shape index (κ1) is 18.5. The lowest BCUT2D eigenvalue weighted by Crippen LogP contribution is -2.33. The van der Waals surface area contributed by atoms with E-state index >= 15 is 0 Å². The van der Waals surface area contributed by atoms with E-state index in [2.05, 4.69) is 5.32 Å². The maximum absolute atomic E-state index is 14.3. The van der Waals surface area contributed by atoms with Crippen molar-refractivity contribution >= 4 is 28.8 Å². The molecule has 3 aromatic carbocycles. The van der Waals surface area contributed by atoms with Crippen LogP contribution in [0.1, 0.15) is 5.56 Å². The Morgan fingerprint density at radius 3 is 2.17 bits per heavy atom. The summed E-state index contributed by atoms with van der Waals surface area (Å²) in [5.74, 6) is -3.95. The van der Waals surface area contributed by atoms with Crippen LogP contribution in [-0.4, -0.2) is 11.8 Å². The van der Waals surface area contributed by atoms with Gasteiger partial charge in [0.25, 0.3) is 11.8 Å². The molecular formula is C22H13F3N2O2. The molecule has 0 bridgehead atoms. The highest BCUT2D eigenvalue weighted by atomic mass is 19.1. The number of benzene rings is 3. The number of amides is 2. The van der Waals surface area contributed by atoms with Crippen molar-refractivity contribution in [2.45, 2.75) is 0 Å². The van der Waals surface area contributed by atoms with Crippen molar-refractivity contribution in [3.8, 4) is 0 Å². The summed E-state index contributed by atoms with van der Waals surface area (Å²) in [5, 5.41) is 2.76. The van der Waals surface area contributed by atoms with Gasteiger partial charge >= 0.3 is 0 Å². The second kappa shape index (κ2) is 7.27. The third-order valence-corrected chi connectivity index (χ3v) is 4.39. The Bertz CT molecular complexity index is 1160. The molecule has 0 saturated carbocycles. The molecule has 3 aromatic rings. The van der Waals surface area contributed by atoms with Crippen molar-refractivity contribution in [2.75, 3.05) is 10.2 Å². The Balaban J connectivity index is 1.85. The number of imide groups is 1. The van der Waals surface area contributed by atoms with Gasteiger partial charge in [-0.2, -0.15) is 0 Å². The van der Waals surface area contributed by atoms with Gasteiger partial charge < -0.3 is 5.32 Å². The zero-order valence-electron chi connectivity index (χ0n) is 14.8. The van der Waals surface area contributed by atoms with E-state index in [1.54, 1.807) is 30.3 Å². The summed E-state index contributed by atoms with van der Waals surface area (Å²) >= 11 is 0. The fourth-order valence-electron chi connectivity index (χ4n) is 3.10. The molecule has 29 heavy (non-hydrogen) atoms. The van der Waals surface area contributed by atoms with E-state index in [9.17, 15) is 22.8 Å². The van der Waals surface area contributed by atoms with Gasteiger partial charge in [-0.25, -0.2) is 18.1 Å². The van der Waals surface area contributed by atoms with Crippen molar-refractivity contribution in [3.05, 3.63) is 102 Å². The summed E-state index contributed by atoms with van der Waals surface area (Å²) in [6.45, 7) is 0. The molecule has 1 heterocycles. The van der Waals surface area contributed by atoms with Crippen molar-refractivity contribution in [2.24, 2.45) is 0 Å². The molecule has 144 valence electrons. The van der Waals surface area contributed by atoms with Crippen LogP contribution in [0.15, 0.2) is 78.5 Å². The maximum atomic E-state index is 14.3. The summed E-state index contributed by atoms with van der Waals surface area (Å²) in [6.07, 6.45) is 0. The molecular weight excluding hydrogens is 381 g/mol. The molecule has 0 unspecified atom stereocenters. The van der Waals surface area contributed by atoms with Gasteiger partial charge in [-0.15, -0.1) is 0 Å². The van der Waals surface area contributed by atoms with Crippen molar-refractivity contribution in [1.29, 1.82) is 0 Å². The van der Waals surface area contributed by atoms with Crippen LogP contribution in [0.4, 0.5) is 24.5 Å². The average Bonchev–Trinajstić information content (AvgIpc) is 2.94. The minimum Gasteiger partial charge on any atom is -0.350 e. The Kier molecular flexibility index (Phi) is 4.64. The third kappa shape index (κ3) is 3.38. The molecule has 0 aliphatic carbocycles. The highest BCUT2D eigenvalue weighted by molar-refractivity contribution is 6.46. The van der Waals surface area contributed by atoms with Gasteiger partial charge in [-0.1, -0.05) is 36.4 Å². The van der Waals surface area contributed by atoms with E-state index in [-0.39, 0.29) is 17.0 Å². The topological polar surface area (TPSA) is 49.4 Å². The van der Waals surface area contributed by atoms with Crippen LogP contribution < -0.4 is 10.2 Å². The van der Waals surface area contributed by atoms with Gasteiger partial charge in [-0.3, -0.25) is 9.59 Å². The first-order valence-corrected chi connectivity index (χ1v) is 8.62. The standard InChI is InChI=1S/C22H13F3N2O2/c23-14-7-4-8-16(11-14)26-20-19(13-5-2-1-3-6-13)21(28)27(22(20)29)18-12-15(24)9-10-17(18)25/h1-12,26H. The second-order valence-corrected chi connectivity index (χ2v) is 6.29. The summed E-state index contributed by atoms with van der Waals surface area (Å²) in [6, 6.07) is 16.1. The quantitative estimate of drug-likeness (QED) is 0.663. The van der Waals surface area contributed by atoms with Crippen LogP contribution in [0, 0.1) is 17.5 Å². The normalized spacial score (nSPS) is 14.0. The molecule has 1 N–H and O–H groups in total. The fourth-order valence-corrected chi connectivity index (χ4v) is 3.10. The molecule has 1 aliphatic heterocycles. The minimum atomic E-state index is -0.924. The van der Waals surface area contributed by atoms with E-state index in [1.807, 2.05) is 0 Å². The van der Waals surface area contributed by atoms with E-state index in [4.69, 9.17) is 0 Å². The number of hydrogen-bond donors (Lipinski definition) is 1. The first-order valence-electron chi connectivity index (χ1n) is 8.62. The van der Waals surface area contributed by atoms with Gasteiger partial charge in [0.1, 0.15) is 23.1 Å². The van der Waals surface area contributed by atoms with Gasteiger partial charge in [0.05, 0.1) is 11.3 Å². The summed E-state index contributed by atoms with van der Waals surface area (Å²) < 4.78 is 41.5. The van der Waals surface area contributed by atoms with Crippen LogP contribution in [0.5, 0.6) is 0 Å². The number of carbonyl (C=O) groups is 2. The molecule has 2 amide bonds. The lowest BCUT2D eigenvalue weighted by molar-refractivity contribution is -0.120. The average molecular weight is 394 g/mol. The van der Waals surface area contributed by atoms with Gasteiger partial charge in [0, 0.05) is 11.8 Å². The Morgan fingerprint density at radius 2 is 1.45 bits per heavy atom. The number of hydrogen-bond acceptors (Lipinski definition) is 3. The van der Waals surface area contributed by atoms with Crippen LogP contribution >= 0.6 is 0 Å². The van der Waals surface area contributed by atoms with E-state index in [0.29, 0.717) is 10.5 Å². The molecule has 4 nitrogen and oxygen atoms in total. The molecule has 1 aliphatic rings. The zero-order chi connectivity index (χ0) is 20.5. The molecule has 0 radical (unpaired) electrons. The van der Waals surface area contributed by atoms with E-state index < -0.39 is 35.0 Å². The molecule has 0 aromatic heterocycles. The zero-order valence-corrected chi connectivity index (χ0v) is 14.8. The number of nitrogens with one attached hydrogen (secondary N) is 1. The van der Waals surface area contributed by atoms with Crippen molar-refractivity contribution in [3.63, 3.8) is 0 Å². The van der Waals surface area contributed by atoms with Crippen molar-refractivity contribution < 1.29 is 22.8 Å². The molecule has 7 heteroatoms. The van der Waals surface area contributed by atoms with Crippen LogP contribution in [-0.2, 0) is 9.59 Å². The number of nitrogens with zero attached hydrogens (tertiary/aromatic N) is 1. The fraction of sp³-hybridized carbons (Fsp3) is 0. The number of rotatable bonds is 4. The second-order valence-electron chi connectivity index (χ2n) is 6.29. The molecule has 4 rings (SSSR count). The van der Waals surface area contributed by atoms with Crippen LogP contribution in [0.25, 0.3) is 5.57 Å². The summed E-state index contributed by atoms with van der Waals surface area (Å²) in [7, 11) is 0. The predicted octanol–water partition coefficient (Wildman–Crippen LogP) is 4.50. The monoisotopic (exact) mass is 394 g/mol. The predicted molar refractivity (Wildman–Crippen MR) is 102 cm³/mol. The third-order valence-electron chi connectivity index (χ3n) is 4.39. The smallest absolute Gasteiger partial charge is 0.282 e. The highest BCUT2D eigenvalue weighted by Gasteiger charge is 2.41. The Labute approximate surface area is 163 Å². The Morgan fingerprint density at radius 1 is 0.724 bits per heavy atom. The van der Waals surface area contributed by atoms with Gasteiger partial charge in [0.2, 0.25) is 0 Å². The molecule has 0 spiro atoms. The van der Waals surface area contributed by atoms with E-state index in [1.165, 1.54) is 18.2 Å². The summed E-state index contributed by atoms with van der Waals surface area (Å²) in [4.78, 5) is 26.7. The minimum absolute atomic E-state index is 0.0245. The first-order chi connectivity index (χ1) is 14.0. The Hall–Kier alpha value is -3.87. The van der Waals surface area contributed by atoms with Crippen LogP contribution in [0.3, 0.4) is 0 Å². The highest BCUT2D eigenvalue weighted by Crippen LogP contribution is 2.35. The lowest BCUT2D eigenvalue weighted by Gasteiger charge is -2.16. The molecule has 0 atom stereocenters. The van der Waals surface area contributed by atoms with Gasteiger partial charge in [-0.05, 0) is 35.9 Å². The SMILES string of the molecule is O=C1C(Nc2cccc(F)c2)=C(c2ccccc2)C(=O)N1c1cc(F)ccc1F. The number of halogens is 3. The molecule has 0 saturated heterocycles. The lowest BCUT2D eigenvalue weighted by atomic mass is 10.0. The van der Waals surface area contributed by atoms with E-state index in [0.717, 1.165) is 24.3 Å². The van der Waals surface area contributed by atoms with Crippen molar-refractivity contribution in [1.82, 2.24) is 0 Å². The largest absolute Gasteiger partial charge is 0.350 e. The summed E-state index contributed by atoms with van der Waals surface area (Å²) in [5.41, 5.74) is -0.0383. The number of anilines is 2.